The van der Waals surface area contributed by atoms with Crippen LogP contribution in [0.4, 0.5) is 0 Å². The summed E-state index contributed by atoms with van der Waals surface area (Å²) in [4.78, 5) is 18.5. The van der Waals surface area contributed by atoms with Gasteiger partial charge in [-0.15, -0.1) is 0 Å². The fourth-order valence-electron chi connectivity index (χ4n) is 2.20. The first-order valence-corrected chi connectivity index (χ1v) is 6.33. The van der Waals surface area contributed by atoms with Gasteiger partial charge in [-0.2, -0.15) is 0 Å². The maximum absolute atomic E-state index is 12.3. The van der Waals surface area contributed by atoms with E-state index in [2.05, 4.69) is 25.8 Å². The van der Waals surface area contributed by atoms with Crippen LogP contribution in [0.25, 0.3) is 0 Å². The first-order chi connectivity index (χ1) is 8.08. The highest BCUT2D eigenvalue weighted by atomic mass is 16.2. The number of pyridine rings is 1. The normalized spacial score (nSPS) is 20.0. The summed E-state index contributed by atoms with van der Waals surface area (Å²) in [6.07, 6.45) is 2.86. The van der Waals surface area contributed by atoms with Gasteiger partial charge in [-0.25, -0.2) is 0 Å². The van der Waals surface area contributed by atoms with Crippen LogP contribution in [0.15, 0.2) is 18.3 Å². The summed E-state index contributed by atoms with van der Waals surface area (Å²) < 4.78 is 0. The predicted octanol–water partition coefficient (Wildman–Crippen LogP) is 2.69. The fraction of sp³-hybridized carbons (Fsp3) is 0.571. The van der Waals surface area contributed by atoms with E-state index in [0.29, 0.717) is 11.8 Å². The number of carbonyl (C=O) groups is 1. The summed E-state index contributed by atoms with van der Waals surface area (Å²) in [7, 11) is 0. The summed E-state index contributed by atoms with van der Waals surface area (Å²) in [5.41, 5.74) is 1.76. The molecule has 1 unspecified atom stereocenters. The molecular weight excluding hydrogens is 212 g/mol. The molecule has 2 heterocycles. The van der Waals surface area contributed by atoms with Gasteiger partial charge in [-0.3, -0.25) is 9.78 Å². The first-order valence-electron chi connectivity index (χ1n) is 6.33. The number of hydrogen-bond donors (Lipinski definition) is 0. The average Bonchev–Trinajstić information content (AvgIpc) is 2.75. The molecular formula is C14H20N2O. The molecule has 3 nitrogen and oxygen atoms in total. The molecule has 17 heavy (non-hydrogen) atoms. The average molecular weight is 232 g/mol. The number of hydrogen-bond acceptors (Lipinski definition) is 2. The zero-order valence-electron chi connectivity index (χ0n) is 10.8. The van der Waals surface area contributed by atoms with Gasteiger partial charge in [-0.1, -0.05) is 20.8 Å². The van der Waals surface area contributed by atoms with Crippen molar-refractivity contribution >= 4 is 5.91 Å². The number of aromatic nitrogens is 1. The second kappa shape index (κ2) is 4.86. The number of amides is 1. The zero-order chi connectivity index (χ0) is 12.4. The van der Waals surface area contributed by atoms with E-state index < -0.39 is 0 Å². The van der Waals surface area contributed by atoms with Crippen LogP contribution in [0.5, 0.6) is 0 Å². The lowest BCUT2D eigenvalue weighted by Gasteiger charge is -2.16. The van der Waals surface area contributed by atoms with Gasteiger partial charge in [0.05, 0.1) is 0 Å². The minimum Gasteiger partial charge on any atom is -0.338 e. The number of carbonyl (C=O) groups excluding carboxylic acids is 1. The molecule has 3 heteroatoms. The molecule has 1 aromatic rings. The van der Waals surface area contributed by atoms with Gasteiger partial charge in [0.15, 0.2) is 0 Å². The van der Waals surface area contributed by atoms with Crippen molar-refractivity contribution in [2.24, 2.45) is 5.92 Å². The molecule has 1 fully saturated rings. The Balaban J connectivity index is 2.16. The van der Waals surface area contributed by atoms with E-state index in [1.807, 2.05) is 17.0 Å². The lowest BCUT2D eigenvalue weighted by Crippen LogP contribution is -2.28. The monoisotopic (exact) mass is 232 g/mol. The molecule has 0 saturated carbocycles. The number of rotatable bonds is 2. The molecule has 1 aromatic heterocycles. The quantitative estimate of drug-likeness (QED) is 0.785. The summed E-state index contributed by atoms with van der Waals surface area (Å²) in [5.74, 6) is 1.14. The van der Waals surface area contributed by atoms with E-state index >= 15 is 0 Å². The van der Waals surface area contributed by atoms with Crippen molar-refractivity contribution in [2.45, 2.75) is 33.1 Å². The van der Waals surface area contributed by atoms with E-state index in [-0.39, 0.29) is 5.91 Å². The SMILES string of the molecule is CC1CCN(C(=O)c2ccnc(C(C)C)c2)C1. The molecule has 0 aliphatic carbocycles. The van der Waals surface area contributed by atoms with Crippen LogP contribution < -0.4 is 0 Å². The van der Waals surface area contributed by atoms with Crippen molar-refractivity contribution in [3.05, 3.63) is 29.6 Å². The highest BCUT2D eigenvalue weighted by Crippen LogP contribution is 2.19. The third kappa shape index (κ3) is 2.65. The highest BCUT2D eigenvalue weighted by molar-refractivity contribution is 5.94. The minimum atomic E-state index is 0.152. The minimum absolute atomic E-state index is 0.152. The van der Waals surface area contributed by atoms with Crippen molar-refractivity contribution in [3.8, 4) is 0 Å². The van der Waals surface area contributed by atoms with Crippen LogP contribution in [0.1, 0.15) is 49.2 Å². The molecule has 1 aliphatic rings. The van der Waals surface area contributed by atoms with Gasteiger partial charge < -0.3 is 4.90 Å². The van der Waals surface area contributed by atoms with Crippen LogP contribution in [0.2, 0.25) is 0 Å². The fourth-order valence-corrected chi connectivity index (χ4v) is 2.20. The standard InChI is InChI=1S/C14H20N2O/c1-10(2)13-8-12(4-6-15-13)14(17)16-7-5-11(3)9-16/h4,6,8,10-11H,5,7,9H2,1-3H3. The Hall–Kier alpha value is -1.38. The van der Waals surface area contributed by atoms with Crippen molar-refractivity contribution in [3.63, 3.8) is 0 Å². The van der Waals surface area contributed by atoms with Crippen LogP contribution in [0.3, 0.4) is 0 Å². The maximum Gasteiger partial charge on any atom is 0.253 e. The van der Waals surface area contributed by atoms with E-state index in [9.17, 15) is 4.79 Å². The Labute approximate surface area is 103 Å². The molecule has 0 bridgehead atoms. The predicted molar refractivity (Wildman–Crippen MR) is 68.0 cm³/mol. The lowest BCUT2D eigenvalue weighted by atomic mass is 10.1. The smallest absolute Gasteiger partial charge is 0.253 e. The van der Waals surface area contributed by atoms with Gasteiger partial charge in [-0.05, 0) is 30.4 Å². The third-order valence-corrected chi connectivity index (χ3v) is 3.33. The molecule has 1 aliphatic heterocycles. The van der Waals surface area contributed by atoms with Gasteiger partial charge in [0, 0.05) is 30.5 Å². The van der Waals surface area contributed by atoms with Gasteiger partial charge in [0.2, 0.25) is 0 Å². The maximum atomic E-state index is 12.3. The van der Waals surface area contributed by atoms with Crippen molar-refractivity contribution in [1.29, 1.82) is 0 Å². The summed E-state index contributed by atoms with van der Waals surface area (Å²) >= 11 is 0. The third-order valence-electron chi connectivity index (χ3n) is 3.33. The molecule has 1 atom stereocenters. The van der Waals surface area contributed by atoms with E-state index in [4.69, 9.17) is 0 Å². The van der Waals surface area contributed by atoms with Gasteiger partial charge >= 0.3 is 0 Å². The number of likely N-dealkylation sites (tertiary alicyclic amines) is 1. The molecule has 0 spiro atoms. The van der Waals surface area contributed by atoms with Crippen molar-refractivity contribution in [1.82, 2.24) is 9.88 Å². The summed E-state index contributed by atoms with van der Waals surface area (Å²) in [6, 6.07) is 3.74. The Kier molecular flexibility index (Phi) is 3.46. The van der Waals surface area contributed by atoms with Crippen LogP contribution >= 0.6 is 0 Å². The molecule has 1 saturated heterocycles. The van der Waals surface area contributed by atoms with Crippen LogP contribution in [0, 0.1) is 5.92 Å². The Bertz CT molecular complexity index is 414. The molecule has 92 valence electrons. The first kappa shape index (κ1) is 12.1. The molecule has 2 rings (SSSR count). The van der Waals surface area contributed by atoms with E-state index in [0.717, 1.165) is 30.8 Å². The van der Waals surface area contributed by atoms with Crippen LogP contribution in [-0.2, 0) is 0 Å². The second-order valence-electron chi connectivity index (χ2n) is 5.27. The summed E-state index contributed by atoms with van der Waals surface area (Å²) in [6.45, 7) is 8.15. The largest absolute Gasteiger partial charge is 0.338 e. The van der Waals surface area contributed by atoms with Gasteiger partial charge in [0.1, 0.15) is 0 Å². The van der Waals surface area contributed by atoms with Crippen LogP contribution in [-0.4, -0.2) is 28.9 Å². The zero-order valence-corrected chi connectivity index (χ0v) is 10.8. The molecule has 1 amide bonds. The molecule has 0 radical (unpaired) electrons. The van der Waals surface area contributed by atoms with Crippen molar-refractivity contribution < 1.29 is 4.79 Å². The van der Waals surface area contributed by atoms with Crippen molar-refractivity contribution in [2.75, 3.05) is 13.1 Å². The lowest BCUT2D eigenvalue weighted by molar-refractivity contribution is 0.0788. The van der Waals surface area contributed by atoms with E-state index in [1.165, 1.54) is 0 Å². The molecule has 0 aromatic carbocycles. The topological polar surface area (TPSA) is 33.2 Å². The Morgan fingerprint density at radius 2 is 2.29 bits per heavy atom. The molecule has 0 N–H and O–H groups in total. The van der Waals surface area contributed by atoms with E-state index in [1.54, 1.807) is 6.20 Å². The summed E-state index contributed by atoms with van der Waals surface area (Å²) in [5, 5.41) is 0. The Morgan fingerprint density at radius 3 is 2.88 bits per heavy atom. The number of nitrogens with zero attached hydrogens (tertiary/aromatic N) is 2. The van der Waals surface area contributed by atoms with Gasteiger partial charge in [0.25, 0.3) is 5.91 Å². The second-order valence-corrected chi connectivity index (χ2v) is 5.27. The highest BCUT2D eigenvalue weighted by Gasteiger charge is 2.24. The Morgan fingerprint density at radius 1 is 1.53 bits per heavy atom.